The van der Waals surface area contributed by atoms with Gasteiger partial charge in [-0.15, -0.1) is 0 Å². The zero-order chi connectivity index (χ0) is 12.9. The van der Waals surface area contributed by atoms with Crippen LogP contribution in [0.3, 0.4) is 0 Å². The monoisotopic (exact) mass is 262 g/mol. The van der Waals surface area contributed by atoms with Crippen LogP contribution in [0.5, 0.6) is 0 Å². The molecule has 1 aliphatic rings. The number of hydrogen-bond acceptors (Lipinski definition) is 4. The second-order valence-corrected chi connectivity index (χ2v) is 7.08. The Morgan fingerprint density at radius 3 is 2.59 bits per heavy atom. The summed E-state index contributed by atoms with van der Waals surface area (Å²) in [5, 5.41) is 6.02. The minimum Gasteiger partial charge on any atom is -0.353 e. The van der Waals surface area contributed by atoms with Crippen molar-refractivity contribution in [3.8, 4) is 0 Å². The van der Waals surface area contributed by atoms with Gasteiger partial charge >= 0.3 is 0 Å². The summed E-state index contributed by atoms with van der Waals surface area (Å²) < 4.78 is 22.0. The average Bonchev–Trinajstić information content (AvgIpc) is 2.93. The lowest BCUT2D eigenvalue weighted by Crippen LogP contribution is -2.34. The molecule has 0 aromatic rings. The molecule has 0 aromatic heterocycles. The van der Waals surface area contributed by atoms with Crippen molar-refractivity contribution in [1.82, 2.24) is 10.6 Å². The van der Waals surface area contributed by atoms with Crippen LogP contribution in [0.2, 0.25) is 0 Å². The van der Waals surface area contributed by atoms with Gasteiger partial charge in [-0.3, -0.25) is 4.79 Å². The molecular weight excluding hydrogens is 240 g/mol. The third-order valence-corrected chi connectivity index (χ3v) is 3.67. The number of nitrogens with one attached hydrogen (secondary N) is 2. The summed E-state index contributed by atoms with van der Waals surface area (Å²) in [7, 11) is -2.93. The van der Waals surface area contributed by atoms with E-state index in [4.69, 9.17) is 0 Å². The van der Waals surface area contributed by atoms with E-state index in [-0.39, 0.29) is 17.7 Å². The van der Waals surface area contributed by atoms with E-state index in [0.29, 0.717) is 19.0 Å². The van der Waals surface area contributed by atoms with Crippen LogP contribution in [-0.4, -0.2) is 45.0 Å². The number of carbonyl (C=O) groups excluding carboxylic acids is 1. The van der Waals surface area contributed by atoms with Crippen LogP contribution < -0.4 is 10.6 Å². The first-order chi connectivity index (χ1) is 7.87. The quantitative estimate of drug-likeness (QED) is 0.607. The Balaban J connectivity index is 2.00. The van der Waals surface area contributed by atoms with Gasteiger partial charge in [0.05, 0.1) is 5.75 Å². The Labute approximate surface area is 103 Å². The highest BCUT2D eigenvalue weighted by Crippen LogP contribution is 2.18. The number of rotatable bonds is 8. The molecule has 1 aliphatic carbocycles. The Morgan fingerprint density at radius 1 is 1.41 bits per heavy atom. The summed E-state index contributed by atoms with van der Waals surface area (Å²) in [4.78, 5) is 11.3. The number of sulfone groups is 1. The van der Waals surface area contributed by atoms with E-state index in [2.05, 4.69) is 10.6 Å². The van der Waals surface area contributed by atoms with Crippen molar-refractivity contribution < 1.29 is 13.2 Å². The molecule has 6 heteroatoms. The lowest BCUT2D eigenvalue weighted by atomic mass is 10.2. The van der Waals surface area contributed by atoms with Gasteiger partial charge in [0, 0.05) is 24.8 Å². The smallest absolute Gasteiger partial charge is 0.220 e. The number of carbonyl (C=O) groups is 1. The molecule has 1 atom stereocenters. The molecule has 17 heavy (non-hydrogen) atoms. The highest BCUT2D eigenvalue weighted by atomic mass is 32.2. The fourth-order valence-corrected chi connectivity index (χ4v) is 2.66. The zero-order valence-corrected chi connectivity index (χ0v) is 11.3. The summed E-state index contributed by atoms with van der Waals surface area (Å²) in [6.07, 6.45) is 4.70. The van der Waals surface area contributed by atoms with E-state index in [9.17, 15) is 13.2 Å². The van der Waals surface area contributed by atoms with Crippen LogP contribution in [0.1, 0.15) is 32.6 Å². The van der Waals surface area contributed by atoms with E-state index in [1.165, 1.54) is 6.26 Å². The van der Waals surface area contributed by atoms with Crippen LogP contribution in [0, 0.1) is 0 Å². The van der Waals surface area contributed by atoms with Crippen molar-refractivity contribution in [3.05, 3.63) is 0 Å². The lowest BCUT2D eigenvalue weighted by Gasteiger charge is -2.12. The van der Waals surface area contributed by atoms with E-state index in [0.717, 1.165) is 19.3 Å². The van der Waals surface area contributed by atoms with Crippen molar-refractivity contribution in [2.24, 2.45) is 0 Å². The van der Waals surface area contributed by atoms with Crippen LogP contribution in [0.15, 0.2) is 0 Å². The third-order valence-electron chi connectivity index (χ3n) is 2.57. The van der Waals surface area contributed by atoms with Crippen LogP contribution in [0.25, 0.3) is 0 Å². The molecule has 0 aliphatic heterocycles. The predicted molar refractivity (Wildman–Crippen MR) is 67.6 cm³/mol. The Hall–Kier alpha value is -0.620. The van der Waals surface area contributed by atoms with E-state index >= 15 is 0 Å². The highest BCUT2D eigenvalue weighted by Gasteiger charge is 2.22. The van der Waals surface area contributed by atoms with Crippen molar-refractivity contribution in [2.45, 2.75) is 44.7 Å². The second-order valence-electron chi connectivity index (χ2n) is 4.89. The van der Waals surface area contributed by atoms with Crippen molar-refractivity contribution in [2.75, 3.05) is 18.6 Å². The molecule has 0 radical (unpaired) electrons. The molecule has 1 amide bonds. The normalized spacial score (nSPS) is 17.8. The Kier molecular flexibility index (Phi) is 5.39. The van der Waals surface area contributed by atoms with E-state index in [1.807, 2.05) is 6.92 Å². The van der Waals surface area contributed by atoms with Crippen molar-refractivity contribution in [3.63, 3.8) is 0 Å². The minimum absolute atomic E-state index is 0.0588. The summed E-state index contributed by atoms with van der Waals surface area (Å²) in [6, 6.07) is 0.358. The van der Waals surface area contributed by atoms with Crippen LogP contribution >= 0.6 is 0 Å². The van der Waals surface area contributed by atoms with Gasteiger partial charge in [0.1, 0.15) is 9.84 Å². The standard InChI is InChI=1S/C11H22N2O3S/c1-9(8-17(2,15)16)12-7-3-4-11(14)13-10-5-6-10/h9-10,12H,3-8H2,1-2H3,(H,13,14). The molecule has 1 fully saturated rings. The maximum Gasteiger partial charge on any atom is 0.220 e. The predicted octanol–water partition coefficient (Wildman–Crippen LogP) is 0.0679. The summed E-state index contributed by atoms with van der Waals surface area (Å²) in [5.74, 6) is 0.242. The Bertz CT molecular complexity index is 350. The van der Waals surface area contributed by atoms with Gasteiger partial charge in [0.2, 0.25) is 5.91 Å². The van der Waals surface area contributed by atoms with Gasteiger partial charge in [-0.1, -0.05) is 0 Å². The number of amides is 1. The Morgan fingerprint density at radius 2 is 2.06 bits per heavy atom. The summed E-state index contributed by atoms with van der Waals surface area (Å²) in [5.41, 5.74) is 0. The van der Waals surface area contributed by atoms with Gasteiger partial charge in [-0.2, -0.15) is 0 Å². The molecule has 0 bridgehead atoms. The molecule has 100 valence electrons. The van der Waals surface area contributed by atoms with Gasteiger partial charge in [0.25, 0.3) is 0 Å². The molecular formula is C11H22N2O3S. The average molecular weight is 262 g/mol. The first-order valence-electron chi connectivity index (χ1n) is 6.07. The molecule has 0 spiro atoms. The van der Waals surface area contributed by atoms with Crippen molar-refractivity contribution >= 4 is 15.7 Å². The highest BCUT2D eigenvalue weighted by molar-refractivity contribution is 7.90. The zero-order valence-electron chi connectivity index (χ0n) is 10.5. The van der Waals surface area contributed by atoms with Gasteiger partial charge in [0.15, 0.2) is 0 Å². The maximum absolute atomic E-state index is 11.3. The first kappa shape index (κ1) is 14.4. The summed E-state index contributed by atoms with van der Waals surface area (Å²) in [6.45, 7) is 2.51. The molecule has 2 N–H and O–H groups in total. The second kappa shape index (κ2) is 6.35. The first-order valence-corrected chi connectivity index (χ1v) is 8.13. The number of hydrogen-bond donors (Lipinski definition) is 2. The fourth-order valence-electron chi connectivity index (χ4n) is 1.64. The van der Waals surface area contributed by atoms with Crippen LogP contribution in [0.4, 0.5) is 0 Å². The SMILES string of the molecule is CC(CS(C)(=O)=O)NCCCC(=O)NC1CC1. The lowest BCUT2D eigenvalue weighted by molar-refractivity contribution is -0.121. The van der Waals surface area contributed by atoms with E-state index < -0.39 is 9.84 Å². The third kappa shape index (κ3) is 8.15. The molecule has 0 saturated heterocycles. The molecule has 0 heterocycles. The van der Waals surface area contributed by atoms with E-state index in [1.54, 1.807) is 0 Å². The molecule has 5 nitrogen and oxygen atoms in total. The molecule has 1 rings (SSSR count). The van der Waals surface area contributed by atoms with Gasteiger partial charge in [-0.05, 0) is 32.7 Å². The summed E-state index contributed by atoms with van der Waals surface area (Å²) >= 11 is 0. The fraction of sp³-hybridized carbons (Fsp3) is 0.909. The van der Waals surface area contributed by atoms with Gasteiger partial charge < -0.3 is 10.6 Å². The van der Waals surface area contributed by atoms with Crippen LogP contribution in [-0.2, 0) is 14.6 Å². The topological polar surface area (TPSA) is 75.3 Å². The van der Waals surface area contributed by atoms with Crippen molar-refractivity contribution in [1.29, 1.82) is 0 Å². The largest absolute Gasteiger partial charge is 0.353 e. The maximum atomic E-state index is 11.3. The van der Waals surface area contributed by atoms with Gasteiger partial charge in [-0.25, -0.2) is 8.42 Å². The molecule has 1 saturated carbocycles. The molecule has 0 aromatic carbocycles. The minimum atomic E-state index is -2.93. The molecule has 1 unspecified atom stereocenters.